The molecule has 3 aromatic rings. The van der Waals surface area contributed by atoms with Crippen LogP contribution >= 0.6 is 11.6 Å². The van der Waals surface area contributed by atoms with Gasteiger partial charge in [-0.3, -0.25) is 14.4 Å². The summed E-state index contributed by atoms with van der Waals surface area (Å²) in [5.41, 5.74) is 4.03. The highest BCUT2D eigenvalue weighted by atomic mass is 35.5. The number of para-hydroxylation sites is 1. The van der Waals surface area contributed by atoms with Crippen LogP contribution in [0.5, 0.6) is 5.75 Å². The second kappa shape index (κ2) is 10.5. The fourth-order valence-electron chi connectivity index (χ4n) is 4.62. The van der Waals surface area contributed by atoms with E-state index in [0.29, 0.717) is 30.3 Å². The molecule has 7 nitrogen and oxygen atoms in total. The number of nitrogens with one attached hydrogen (secondary N) is 1. The van der Waals surface area contributed by atoms with Crippen LogP contribution in [-0.4, -0.2) is 30.9 Å². The number of hydrogen-bond donors (Lipinski definition) is 1. The van der Waals surface area contributed by atoms with E-state index < -0.39 is 11.8 Å². The molecule has 0 saturated carbocycles. The first kappa shape index (κ1) is 24.6. The average Bonchev–Trinajstić information content (AvgIpc) is 3.13. The van der Waals surface area contributed by atoms with E-state index in [1.807, 2.05) is 42.2 Å². The minimum Gasteiger partial charge on any atom is -0.494 e. The smallest absolute Gasteiger partial charge is 0.283 e. The molecular formula is C29H26ClN3O4. The van der Waals surface area contributed by atoms with Gasteiger partial charge in [0, 0.05) is 17.9 Å². The van der Waals surface area contributed by atoms with Crippen molar-refractivity contribution in [3.63, 3.8) is 0 Å². The van der Waals surface area contributed by atoms with Gasteiger partial charge in [0.25, 0.3) is 11.8 Å². The van der Waals surface area contributed by atoms with Gasteiger partial charge in [-0.25, -0.2) is 4.90 Å². The molecule has 3 amide bonds. The lowest BCUT2D eigenvalue weighted by Crippen LogP contribution is -2.36. The zero-order chi connectivity index (χ0) is 25.9. The summed E-state index contributed by atoms with van der Waals surface area (Å²) in [4.78, 5) is 41.7. The number of benzene rings is 3. The van der Waals surface area contributed by atoms with E-state index in [-0.39, 0.29) is 23.1 Å². The Bertz CT molecular complexity index is 1380. The summed E-state index contributed by atoms with van der Waals surface area (Å²) in [5, 5.41) is 2.80. The second-order valence-electron chi connectivity index (χ2n) is 8.84. The Morgan fingerprint density at radius 3 is 2.43 bits per heavy atom. The van der Waals surface area contributed by atoms with Crippen molar-refractivity contribution in [2.45, 2.75) is 26.2 Å². The zero-order valence-corrected chi connectivity index (χ0v) is 21.1. The molecule has 3 aromatic carbocycles. The van der Waals surface area contributed by atoms with Gasteiger partial charge in [0.15, 0.2) is 0 Å². The first-order valence-corrected chi connectivity index (χ1v) is 12.6. The van der Waals surface area contributed by atoms with Crippen LogP contribution in [-0.2, 0) is 27.2 Å². The third-order valence-corrected chi connectivity index (χ3v) is 6.77. The highest BCUT2D eigenvalue weighted by Crippen LogP contribution is 2.31. The third-order valence-electron chi connectivity index (χ3n) is 6.42. The van der Waals surface area contributed by atoms with E-state index >= 15 is 0 Å². The van der Waals surface area contributed by atoms with Crippen LogP contribution in [0, 0.1) is 0 Å². The van der Waals surface area contributed by atoms with Crippen LogP contribution in [0.2, 0.25) is 0 Å². The number of carbonyl (C=O) groups is 3. The first-order valence-electron chi connectivity index (χ1n) is 12.2. The molecule has 2 heterocycles. The molecule has 1 N–H and O–H groups in total. The number of ether oxygens (including phenoxy) is 1. The molecule has 37 heavy (non-hydrogen) atoms. The van der Waals surface area contributed by atoms with Crippen molar-refractivity contribution >= 4 is 46.4 Å². The number of fused-ring (bicyclic) bond motifs is 1. The highest BCUT2D eigenvalue weighted by molar-refractivity contribution is 6.53. The molecule has 0 bridgehead atoms. The van der Waals surface area contributed by atoms with E-state index in [9.17, 15) is 14.4 Å². The zero-order valence-electron chi connectivity index (χ0n) is 20.4. The van der Waals surface area contributed by atoms with Crippen molar-refractivity contribution in [2.75, 3.05) is 28.3 Å². The normalized spacial score (nSPS) is 15.2. The third kappa shape index (κ3) is 4.95. The predicted molar refractivity (Wildman–Crippen MR) is 144 cm³/mol. The fourth-order valence-corrected chi connectivity index (χ4v) is 4.83. The monoisotopic (exact) mass is 515 g/mol. The lowest BCUT2D eigenvalue weighted by molar-refractivity contribution is -0.120. The average molecular weight is 516 g/mol. The standard InChI is InChI=1S/C29H26ClN3O4/c1-2-37-23-15-13-22(14-16-23)33-28(35)26(30)27(29(33)36)31-21-11-9-19(10-12-21)18-25(34)32-17-5-7-20-6-3-4-8-24(20)32/h3-4,6,8-16,31H,2,5,7,17-18H2,1H3. The highest BCUT2D eigenvalue weighted by Gasteiger charge is 2.39. The van der Waals surface area contributed by atoms with E-state index in [1.54, 1.807) is 36.4 Å². The molecule has 0 spiro atoms. The molecule has 0 saturated heterocycles. The largest absolute Gasteiger partial charge is 0.494 e. The topological polar surface area (TPSA) is 79.0 Å². The van der Waals surface area contributed by atoms with Gasteiger partial charge in [-0.1, -0.05) is 41.9 Å². The summed E-state index contributed by atoms with van der Waals surface area (Å²) in [6.45, 7) is 3.10. The summed E-state index contributed by atoms with van der Waals surface area (Å²) < 4.78 is 5.42. The molecule has 2 aliphatic heterocycles. The predicted octanol–water partition coefficient (Wildman–Crippen LogP) is 5.04. The van der Waals surface area contributed by atoms with Gasteiger partial charge in [0.2, 0.25) is 5.91 Å². The number of halogens is 1. The minimum atomic E-state index is -0.595. The number of nitrogens with zero attached hydrogens (tertiary/aromatic N) is 2. The molecule has 188 valence electrons. The van der Waals surface area contributed by atoms with Gasteiger partial charge in [0.1, 0.15) is 16.5 Å². The molecule has 0 unspecified atom stereocenters. The van der Waals surface area contributed by atoms with Gasteiger partial charge in [-0.2, -0.15) is 0 Å². The Hall–Kier alpha value is -4.10. The fraction of sp³-hybridized carbons (Fsp3) is 0.207. The maximum absolute atomic E-state index is 13.0. The number of amides is 3. The summed E-state index contributed by atoms with van der Waals surface area (Å²) in [6, 6.07) is 21.9. The first-order chi connectivity index (χ1) is 18.0. The van der Waals surface area contributed by atoms with Crippen LogP contribution in [0.3, 0.4) is 0 Å². The number of aryl methyl sites for hydroxylation is 1. The number of carbonyl (C=O) groups excluding carboxylic acids is 3. The number of imide groups is 1. The summed E-state index contributed by atoms with van der Waals surface area (Å²) in [7, 11) is 0. The summed E-state index contributed by atoms with van der Waals surface area (Å²) >= 11 is 6.26. The lowest BCUT2D eigenvalue weighted by Gasteiger charge is -2.29. The van der Waals surface area contributed by atoms with Gasteiger partial charge < -0.3 is 15.0 Å². The summed E-state index contributed by atoms with van der Waals surface area (Å²) in [6.07, 6.45) is 2.19. The van der Waals surface area contributed by atoms with Crippen molar-refractivity contribution in [1.82, 2.24) is 0 Å². The second-order valence-corrected chi connectivity index (χ2v) is 9.22. The van der Waals surface area contributed by atoms with Crippen LogP contribution < -0.4 is 19.9 Å². The van der Waals surface area contributed by atoms with Gasteiger partial charge >= 0.3 is 0 Å². The molecule has 0 fully saturated rings. The minimum absolute atomic E-state index is 0.00861. The van der Waals surface area contributed by atoms with Gasteiger partial charge in [-0.05, 0) is 73.4 Å². The molecule has 2 aliphatic rings. The van der Waals surface area contributed by atoms with E-state index in [0.717, 1.165) is 29.0 Å². The van der Waals surface area contributed by atoms with E-state index in [2.05, 4.69) is 11.4 Å². The molecule has 0 atom stereocenters. The van der Waals surface area contributed by atoms with Gasteiger partial charge in [0.05, 0.1) is 18.7 Å². The van der Waals surface area contributed by atoms with E-state index in [4.69, 9.17) is 16.3 Å². The van der Waals surface area contributed by atoms with Crippen molar-refractivity contribution in [3.8, 4) is 5.75 Å². The lowest BCUT2D eigenvalue weighted by atomic mass is 10.0. The summed E-state index contributed by atoms with van der Waals surface area (Å²) in [5.74, 6) is -0.448. The molecular weight excluding hydrogens is 490 g/mol. The Balaban J connectivity index is 1.26. The quantitative estimate of drug-likeness (QED) is 0.446. The van der Waals surface area contributed by atoms with Crippen molar-refractivity contribution in [3.05, 3.63) is 94.7 Å². The van der Waals surface area contributed by atoms with Crippen molar-refractivity contribution in [1.29, 1.82) is 0 Å². The van der Waals surface area contributed by atoms with Crippen molar-refractivity contribution < 1.29 is 19.1 Å². The van der Waals surface area contributed by atoms with Gasteiger partial charge in [-0.15, -0.1) is 0 Å². The van der Waals surface area contributed by atoms with E-state index in [1.165, 1.54) is 5.56 Å². The Morgan fingerprint density at radius 1 is 0.973 bits per heavy atom. The van der Waals surface area contributed by atoms with Crippen LogP contribution in [0.15, 0.2) is 83.5 Å². The maximum Gasteiger partial charge on any atom is 0.283 e. The molecule has 8 heteroatoms. The number of rotatable bonds is 7. The van der Waals surface area contributed by atoms with Crippen LogP contribution in [0.1, 0.15) is 24.5 Å². The maximum atomic E-state index is 13.0. The Morgan fingerprint density at radius 2 is 1.70 bits per heavy atom. The molecule has 5 rings (SSSR count). The molecule has 0 aliphatic carbocycles. The molecule has 0 radical (unpaired) electrons. The number of anilines is 3. The SMILES string of the molecule is CCOc1ccc(N2C(=O)C(Cl)=C(Nc3ccc(CC(=O)N4CCCc5ccccc54)cc3)C2=O)cc1. The van der Waals surface area contributed by atoms with Crippen molar-refractivity contribution in [2.24, 2.45) is 0 Å². The molecule has 0 aromatic heterocycles. The Kier molecular flexibility index (Phi) is 6.97. The number of hydrogen-bond acceptors (Lipinski definition) is 5. The van der Waals surface area contributed by atoms with Crippen LogP contribution in [0.4, 0.5) is 17.1 Å². The Labute approximate surface area is 220 Å². The van der Waals surface area contributed by atoms with Crippen LogP contribution in [0.25, 0.3) is 0 Å².